The number of nitrogens with zero attached hydrogens (tertiary/aromatic N) is 1. The summed E-state index contributed by atoms with van der Waals surface area (Å²) in [7, 11) is 2.17. The summed E-state index contributed by atoms with van der Waals surface area (Å²) < 4.78 is 0. The van der Waals surface area contributed by atoms with Crippen molar-refractivity contribution in [1.29, 1.82) is 0 Å². The quantitative estimate of drug-likeness (QED) is 0.795. The van der Waals surface area contributed by atoms with Crippen LogP contribution in [0.4, 0.5) is 5.69 Å². The van der Waals surface area contributed by atoms with E-state index < -0.39 is 0 Å². The van der Waals surface area contributed by atoms with Crippen molar-refractivity contribution in [2.24, 2.45) is 0 Å². The van der Waals surface area contributed by atoms with Crippen LogP contribution < -0.4 is 10.2 Å². The Labute approximate surface area is 115 Å². The van der Waals surface area contributed by atoms with Gasteiger partial charge in [-0.15, -0.1) is 0 Å². The minimum atomic E-state index is 0.772. The molecule has 2 nitrogen and oxygen atoms in total. The SMILES string of the molecule is CN(CCCNC1CCSCC1)c1ccccc1. The summed E-state index contributed by atoms with van der Waals surface area (Å²) in [6.07, 6.45) is 3.91. The van der Waals surface area contributed by atoms with Gasteiger partial charge in [0.2, 0.25) is 0 Å². The largest absolute Gasteiger partial charge is 0.375 e. The summed E-state index contributed by atoms with van der Waals surface area (Å²) in [5, 5.41) is 3.69. The smallest absolute Gasteiger partial charge is 0.0363 e. The molecule has 100 valence electrons. The lowest BCUT2D eigenvalue weighted by molar-refractivity contribution is 0.478. The second-order valence-electron chi connectivity index (χ2n) is 4.95. The average molecular weight is 264 g/mol. The third-order valence-electron chi connectivity index (χ3n) is 3.52. The highest BCUT2D eigenvalue weighted by molar-refractivity contribution is 7.99. The fourth-order valence-electron chi connectivity index (χ4n) is 2.34. The molecule has 1 heterocycles. The zero-order chi connectivity index (χ0) is 12.6. The second kappa shape index (κ2) is 7.70. The van der Waals surface area contributed by atoms with Gasteiger partial charge in [-0.1, -0.05) is 18.2 Å². The van der Waals surface area contributed by atoms with Gasteiger partial charge in [0.05, 0.1) is 0 Å². The number of hydrogen-bond acceptors (Lipinski definition) is 3. The Balaban J connectivity index is 1.60. The summed E-state index contributed by atoms with van der Waals surface area (Å²) in [5.41, 5.74) is 1.31. The molecule has 18 heavy (non-hydrogen) atoms. The van der Waals surface area contributed by atoms with Crippen LogP contribution in [0.15, 0.2) is 30.3 Å². The predicted octanol–water partition coefficient (Wildman–Crippen LogP) is 3.00. The zero-order valence-electron chi connectivity index (χ0n) is 11.3. The van der Waals surface area contributed by atoms with Crippen molar-refractivity contribution < 1.29 is 0 Å². The van der Waals surface area contributed by atoms with Crippen molar-refractivity contribution in [3.05, 3.63) is 30.3 Å². The summed E-state index contributed by atoms with van der Waals surface area (Å²) in [4.78, 5) is 2.33. The number of benzene rings is 1. The minimum Gasteiger partial charge on any atom is -0.375 e. The van der Waals surface area contributed by atoms with Crippen molar-refractivity contribution >= 4 is 17.4 Å². The molecule has 0 atom stereocenters. The lowest BCUT2D eigenvalue weighted by Gasteiger charge is -2.24. The van der Waals surface area contributed by atoms with Crippen LogP contribution in [0.25, 0.3) is 0 Å². The Bertz CT molecular complexity index is 323. The van der Waals surface area contributed by atoms with Gasteiger partial charge in [0.15, 0.2) is 0 Å². The number of anilines is 1. The third kappa shape index (κ3) is 4.54. The summed E-state index contributed by atoms with van der Waals surface area (Å²) in [6.45, 7) is 2.27. The first-order valence-corrected chi connectivity index (χ1v) is 8.09. The predicted molar refractivity (Wildman–Crippen MR) is 82.7 cm³/mol. The number of nitrogens with one attached hydrogen (secondary N) is 1. The molecule has 0 bridgehead atoms. The highest BCUT2D eigenvalue weighted by Crippen LogP contribution is 2.16. The molecule has 0 aromatic heterocycles. The molecule has 1 saturated heterocycles. The number of hydrogen-bond donors (Lipinski definition) is 1. The van der Waals surface area contributed by atoms with Gasteiger partial charge in [0.1, 0.15) is 0 Å². The van der Waals surface area contributed by atoms with Crippen molar-refractivity contribution in [3.8, 4) is 0 Å². The van der Waals surface area contributed by atoms with Crippen LogP contribution in [0.2, 0.25) is 0 Å². The molecule has 0 spiro atoms. The topological polar surface area (TPSA) is 15.3 Å². The van der Waals surface area contributed by atoms with Crippen molar-refractivity contribution in [3.63, 3.8) is 0 Å². The van der Waals surface area contributed by atoms with Crippen molar-refractivity contribution in [2.75, 3.05) is 36.5 Å². The molecule has 1 aromatic carbocycles. The molecule has 1 aromatic rings. The minimum absolute atomic E-state index is 0.772. The van der Waals surface area contributed by atoms with E-state index in [9.17, 15) is 0 Å². The van der Waals surface area contributed by atoms with Crippen LogP contribution in [0.1, 0.15) is 19.3 Å². The van der Waals surface area contributed by atoms with Crippen LogP contribution >= 0.6 is 11.8 Å². The van der Waals surface area contributed by atoms with Gasteiger partial charge < -0.3 is 10.2 Å². The van der Waals surface area contributed by atoms with E-state index in [4.69, 9.17) is 0 Å². The molecule has 2 rings (SSSR count). The zero-order valence-corrected chi connectivity index (χ0v) is 12.1. The van der Waals surface area contributed by atoms with Gasteiger partial charge in [-0.25, -0.2) is 0 Å². The highest BCUT2D eigenvalue weighted by Gasteiger charge is 2.12. The lowest BCUT2D eigenvalue weighted by Crippen LogP contribution is -2.34. The monoisotopic (exact) mass is 264 g/mol. The van der Waals surface area contributed by atoms with Crippen LogP contribution in [-0.4, -0.2) is 37.7 Å². The second-order valence-corrected chi connectivity index (χ2v) is 6.18. The van der Waals surface area contributed by atoms with E-state index in [0.717, 1.165) is 19.1 Å². The summed E-state index contributed by atoms with van der Waals surface area (Å²) >= 11 is 2.09. The van der Waals surface area contributed by atoms with Crippen LogP contribution in [0, 0.1) is 0 Å². The molecular weight excluding hydrogens is 240 g/mol. The Morgan fingerprint density at radius 3 is 2.67 bits per heavy atom. The molecule has 3 heteroatoms. The number of thioether (sulfide) groups is 1. The molecule has 0 aliphatic carbocycles. The fraction of sp³-hybridized carbons (Fsp3) is 0.600. The summed E-state index contributed by atoms with van der Waals surface area (Å²) in [5.74, 6) is 2.67. The van der Waals surface area contributed by atoms with E-state index in [-0.39, 0.29) is 0 Å². The highest BCUT2D eigenvalue weighted by atomic mass is 32.2. The first-order valence-electron chi connectivity index (χ1n) is 6.93. The Morgan fingerprint density at radius 1 is 1.22 bits per heavy atom. The van der Waals surface area contributed by atoms with Gasteiger partial charge in [0, 0.05) is 25.3 Å². The molecule has 1 aliphatic heterocycles. The van der Waals surface area contributed by atoms with Crippen LogP contribution in [0.5, 0.6) is 0 Å². The molecule has 1 N–H and O–H groups in total. The fourth-order valence-corrected chi connectivity index (χ4v) is 3.44. The average Bonchev–Trinajstić information content (AvgIpc) is 2.45. The maximum absolute atomic E-state index is 3.69. The van der Waals surface area contributed by atoms with Gasteiger partial charge in [-0.3, -0.25) is 0 Å². The van der Waals surface area contributed by atoms with Crippen molar-refractivity contribution in [1.82, 2.24) is 5.32 Å². The van der Waals surface area contributed by atoms with Crippen molar-refractivity contribution in [2.45, 2.75) is 25.3 Å². The van der Waals surface area contributed by atoms with Crippen LogP contribution in [-0.2, 0) is 0 Å². The maximum atomic E-state index is 3.69. The van der Waals surface area contributed by atoms with E-state index in [1.165, 1.54) is 36.5 Å². The molecule has 0 unspecified atom stereocenters. The molecule has 1 fully saturated rings. The summed E-state index contributed by atoms with van der Waals surface area (Å²) in [6, 6.07) is 11.4. The molecule has 0 saturated carbocycles. The molecular formula is C15H24N2S. The Morgan fingerprint density at radius 2 is 1.94 bits per heavy atom. The molecule has 1 aliphatic rings. The van der Waals surface area contributed by atoms with Gasteiger partial charge >= 0.3 is 0 Å². The molecule has 0 radical (unpaired) electrons. The Hall–Kier alpha value is -0.670. The Kier molecular flexibility index (Phi) is 5.88. The van der Waals surface area contributed by atoms with Gasteiger partial charge in [-0.05, 0) is 49.4 Å². The maximum Gasteiger partial charge on any atom is 0.0363 e. The van der Waals surface area contributed by atoms with E-state index in [1.54, 1.807) is 0 Å². The van der Waals surface area contributed by atoms with E-state index in [1.807, 2.05) is 0 Å². The van der Waals surface area contributed by atoms with E-state index >= 15 is 0 Å². The first kappa shape index (κ1) is 13.8. The van der Waals surface area contributed by atoms with Gasteiger partial charge in [0.25, 0.3) is 0 Å². The first-order chi connectivity index (χ1) is 8.86. The van der Waals surface area contributed by atoms with Gasteiger partial charge in [-0.2, -0.15) is 11.8 Å². The van der Waals surface area contributed by atoms with E-state index in [2.05, 4.69) is 59.4 Å². The normalized spacial score (nSPS) is 16.7. The lowest BCUT2D eigenvalue weighted by atomic mass is 10.1. The molecule has 0 amide bonds. The van der Waals surface area contributed by atoms with E-state index in [0.29, 0.717) is 0 Å². The number of rotatable bonds is 6. The standard InChI is InChI=1S/C15H24N2S/c1-17(15-6-3-2-4-7-15)11-5-10-16-14-8-12-18-13-9-14/h2-4,6-7,14,16H,5,8-13H2,1H3. The third-order valence-corrected chi connectivity index (χ3v) is 4.57. The van der Waals surface area contributed by atoms with Crippen LogP contribution in [0.3, 0.4) is 0 Å². The number of para-hydroxylation sites is 1.